The van der Waals surface area contributed by atoms with Crippen LogP contribution in [0.15, 0.2) is 10.5 Å². The molecule has 1 aromatic carbocycles. The standard InChI is InChI=1S/C9H12BBrO2/c1-5-4-8(10(12)13)9(11)7(3)6(5)2/h4,12-13H,1-3H3. The molecule has 70 valence electrons. The molecule has 0 fully saturated rings. The third-order valence-corrected chi connectivity index (χ3v) is 3.44. The fourth-order valence-electron chi connectivity index (χ4n) is 1.27. The summed E-state index contributed by atoms with van der Waals surface area (Å²) in [6.07, 6.45) is 0. The van der Waals surface area contributed by atoms with Crippen LogP contribution in [-0.4, -0.2) is 17.2 Å². The summed E-state index contributed by atoms with van der Waals surface area (Å²) in [4.78, 5) is 0. The molecule has 2 N–H and O–H groups in total. The molecule has 2 nitrogen and oxygen atoms in total. The fraction of sp³-hybridized carbons (Fsp3) is 0.333. The van der Waals surface area contributed by atoms with Gasteiger partial charge in [-0.3, -0.25) is 0 Å². The van der Waals surface area contributed by atoms with E-state index in [1.807, 2.05) is 20.8 Å². The van der Waals surface area contributed by atoms with Crippen molar-refractivity contribution >= 4 is 28.5 Å². The minimum atomic E-state index is -1.41. The van der Waals surface area contributed by atoms with Crippen molar-refractivity contribution in [2.24, 2.45) is 0 Å². The summed E-state index contributed by atoms with van der Waals surface area (Å²) in [7, 11) is -1.41. The van der Waals surface area contributed by atoms with Crippen molar-refractivity contribution in [3.63, 3.8) is 0 Å². The average Bonchev–Trinajstić information content (AvgIpc) is 2.07. The Bertz CT molecular complexity index is 337. The lowest BCUT2D eigenvalue weighted by atomic mass is 9.78. The van der Waals surface area contributed by atoms with E-state index in [9.17, 15) is 0 Å². The van der Waals surface area contributed by atoms with Crippen LogP contribution < -0.4 is 5.46 Å². The predicted octanol–water partition coefficient (Wildman–Crippen LogP) is 1.05. The summed E-state index contributed by atoms with van der Waals surface area (Å²) in [6, 6.07) is 1.79. The van der Waals surface area contributed by atoms with Crippen LogP contribution in [0.25, 0.3) is 0 Å². The second-order valence-corrected chi connectivity index (χ2v) is 4.01. The van der Waals surface area contributed by atoms with Gasteiger partial charge in [-0.25, -0.2) is 0 Å². The first-order chi connectivity index (χ1) is 5.95. The number of benzene rings is 1. The highest BCUT2D eigenvalue weighted by molar-refractivity contribution is 9.10. The molecule has 1 rings (SSSR count). The van der Waals surface area contributed by atoms with E-state index in [1.54, 1.807) is 6.07 Å². The summed E-state index contributed by atoms with van der Waals surface area (Å²) in [5, 5.41) is 18.1. The van der Waals surface area contributed by atoms with Crippen LogP contribution in [0.3, 0.4) is 0 Å². The molecule has 0 heterocycles. The van der Waals surface area contributed by atoms with Gasteiger partial charge in [0.05, 0.1) is 0 Å². The molecule has 0 radical (unpaired) electrons. The normalized spacial score (nSPS) is 10.3. The quantitative estimate of drug-likeness (QED) is 0.723. The molecule has 0 aliphatic rings. The van der Waals surface area contributed by atoms with Gasteiger partial charge in [-0.15, -0.1) is 0 Å². The minimum Gasteiger partial charge on any atom is -0.423 e. The van der Waals surface area contributed by atoms with E-state index in [0.717, 1.165) is 15.6 Å². The van der Waals surface area contributed by atoms with Crippen LogP contribution >= 0.6 is 15.9 Å². The van der Waals surface area contributed by atoms with E-state index in [4.69, 9.17) is 10.0 Å². The highest BCUT2D eigenvalue weighted by Crippen LogP contribution is 2.20. The van der Waals surface area contributed by atoms with Crippen LogP contribution in [-0.2, 0) is 0 Å². The Labute approximate surface area is 86.9 Å². The van der Waals surface area contributed by atoms with Gasteiger partial charge in [0.15, 0.2) is 0 Å². The van der Waals surface area contributed by atoms with Gasteiger partial charge in [0.2, 0.25) is 0 Å². The molecule has 1 aromatic rings. The van der Waals surface area contributed by atoms with Gasteiger partial charge in [-0.2, -0.15) is 0 Å². The van der Waals surface area contributed by atoms with E-state index >= 15 is 0 Å². The van der Waals surface area contributed by atoms with E-state index in [2.05, 4.69) is 15.9 Å². The third-order valence-electron chi connectivity index (χ3n) is 2.39. The Morgan fingerprint density at radius 1 is 1.15 bits per heavy atom. The first kappa shape index (κ1) is 10.8. The van der Waals surface area contributed by atoms with Crippen molar-refractivity contribution in [3.05, 3.63) is 27.2 Å². The Morgan fingerprint density at radius 3 is 2.15 bits per heavy atom. The molecular weight excluding hydrogens is 231 g/mol. The fourth-order valence-corrected chi connectivity index (χ4v) is 1.89. The Hall–Kier alpha value is -0.315. The molecule has 0 aliphatic carbocycles. The number of halogens is 1. The zero-order valence-electron chi connectivity index (χ0n) is 7.93. The Morgan fingerprint density at radius 2 is 1.69 bits per heavy atom. The zero-order valence-corrected chi connectivity index (χ0v) is 9.51. The minimum absolute atomic E-state index is 0.528. The molecule has 0 bridgehead atoms. The molecule has 0 saturated heterocycles. The SMILES string of the molecule is Cc1cc(B(O)O)c(Br)c(C)c1C. The number of rotatable bonds is 1. The highest BCUT2D eigenvalue weighted by Gasteiger charge is 2.17. The molecule has 0 amide bonds. The van der Waals surface area contributed by atoms with Crippen molar-refractivity contribution in [3.8, 4) is 0 Å². The Kier molecular flexibility index (Phi) is 3.16. The summed E-state index contributed by atoms with van der Waals surface area (Å²) in [5.74, 6) is 0. The van der Waals surface area contributed by atoms with Gasteiger partial charge in [-0.05, 0) is 42.9 Å². The monoisotopic (exact) mass is 242 g/mol. The van der Waals surface area contributed by atoms with Crippen molar-refractivity contribution in [1.29, 1.82) is 0 Å². The topological polar surface area (TPSA) is 40.5 Å². The van der Waals surface area contributed by atoms with E-state index in [1.165, 1.54) is 5.56 Å². The molecule has 0 spiro atoms. The molecule has 0 aliphatic heterocycles. The molecule has 0 unspecified atom stereocenters. The first-order valence-corrected chi connectivity index (χ1v) is 4.86. The Balaban J connectivity index is 3.41. The van der Waals surface area contributed by atoms with Crippen LogP contribution in [0.1, 0.15) is 16.7 Å². The van der Waals surface area contributed by atoms with Gasteiger partial charge in [-0.1, -0.05) is 22.0 Å². The van der Waals surface area contributed by atoms with Crippen molar-refractivity contribution in [2.75, 3.05) is 0 Å². The van der Waals surface area contributed by atoms with Gasteiger partial charge < -0.3 is 10.0 Å². The largest absolute Gasteiger partial charge is 0.489 e. The van der Waals surface area contributed by atoms with Gasteiger partial charge >= 0.3 is 7.12 Å². The van der Waals surface area contributed by atoms with Gasteiger partial charge in [0, 0.05) is 4.47 Å². The summed E-state index contributed by atoms with van der Waals surface area (Å²) < 4.78 is 0.783. The van der Waals surface area contributed by atoms with Gasteiger partial charge in [0.1, 0.15) is 0 Å². The van der Waals surface area contributed by atoms with Crippen LogP contribution in [0.2, 0.25) is 0 Å². The highest BCUT2D eigenvalue weighted by atomic mass is 79.9. The van der Waals surface area contributed by atoms with Crippen molar-refractivity contribution in [2.45, 2.75) is 20.8 Å². The van der Waals surface area contributed by atoms with Crippen LogP contribution in [0, 0.1) is 20.8 Å². The number of aryl methyl sites for hydroxylation is 1. The molecular formula is C9H12BBrO2. The summed E-state index contributed by atoms with van der Waals surface area (Å²) in [6.45, 7) is 5.93. The molecule has 13 heavy (non-hydrogen) atoms. The lowest BCUT2D eigenvalue weighted by Gasteiger charge is -2.11. The molecule has 0 atom stereocenters. The lowest BCUT2D eigenvalue weighted by Crippen LogP contribution is -2.32. The second kappa shape index (κ2) is 3.82. The maximum absolute atomic E-state index is 9.07. The van der Waals surface area contributed by atoms with Crippen LogP contribution in [0.5, 0.6) is 0 Å². The van der Waals surface area contributed by atoms with Gasteiger partial charge in [0.25, 0.3) is 0 Å². The maximum Gasteiger partial charge on any atom is 0.489 e. The van der Waals surface area contributed by atoms with E-state index in [0.29, 0.717) is 5.46 Å². The van der Waals surface area contributed by atoms with Crippen LogP contribution in [0.4, 0.5) is 0 Å². The first-order valence-electron chi connectivity index (χ1n) is 4.07. The van der Waals surface area contributed by atoms with E-state index < -0.39 is 7.12 Å². The number of hydrogen-bond donors (Lipinski definition) is 2. The molecule has 0 saturated carbocycles. The lowest BCUT2D eigenvalue weighted by molar-refractivity contribution is 0.425. The van der Waals surface area contributed by atoms with E-state index in [-0.39, 0.29) is 0 Å². The predicted molar refractivity (Wildman–Crippen MR) is 58.2 cm³/mol. The average molecular weight is 243 g/mol. The maximum atomic E-state index is 9.07. The van der Waals surface area contributed by atoms with Crippen molar-refractivity contribution < 1.29 is 10.0 Å². The third kappa shape index (κ3) is 1.95. The smallest absolute Gasteiger partial charge is 0.423 e. The molecule has 0 aromatic heterocycles. The summed E-state index contributed by atoms with van der Waals surface area (Å²) in [5.41, 5.74) is 3.84. The van der Waals surface area contributed by atoms with Crippen molar-refractivity contribution in [1.82, 2.24) is 0 Å². The second-order valence-electron chi connectivity index (χ2n) is 3.22. The zero-order chi connectivity index (χ0) is 10.2. The molecule has 4 heteroatoms. The number of hydrogen-bond acceptors (Lipinski definition) is 2. The summed E-state index contributed by atoms with van der Waals surface area (Å²) >= 11 is 3.35.